The fraction of sp³-hybridized carbons (Fsp3) is 0.943. The smallest absolute Gasteiger partial charge is 0.310 e. The summed E-state index contributed by atoms with van der Waals surface area (Å²) >= 11 is 0. The molecule has 0 saturated heterocycles. The molecular formula is C35H71NO7S. The van der Waals surface area contributed by atoms with Gasteiger partial charge in [0.2, 0.25) is 0 Å². The third kappa shape index (κ3) is 35.3. The Balaban J connectivity index is 0. The molecule has 0 aromatic rings. The predicted octanol–water partition coefficient (Wildman–Crippen LogP) is 9.06. The number of hydrogen-bond donors (Lipinski definition) is 0. The van der Waals surface area contributed by atoms with E-state index in [1.807, 2.05) is 28.1 Å². The van der Waals surface area contributed by atoms with Crippen LogP contribution in [0.1, 0.15) is 175 Å². The van der Waals surface area contributed by atoms with Crippen molar-refractivity contribution in [1.29, 1.82) is 0 Å². The summed E-state index contributed by atoms with van der Waals surface area (Å²) in [7, 11) is 2.02. The highest BCUT2D eigenvalue weighted by atomic mass is 32.2. The molecule has 2 unspecified atom stereocenters. The molecule has 8 nitrogen and oxygen atoms in total. The van der Waals surface area contributed by atoms with E-state index in [9.17, 15) is 9.59 Å². The number of hydrogen-bond acceptors (Lipinski definition) is 7. The van der Waals surface area contributed by atoms with E-state index in [4.69, 9.17) is 22.4 Å². The third-order valence-electron chi connectivity index (χ3n) is 7.70. The summed E-state index contributed by atoms with van der Waals surface area (Å²) < 4.78 is 39.2. The molecule has 0 aliphatic heterocycles. The normalized spacial score (nSPS) is 13.1. The Kier molecular flexibility index (Phi) is 29.8. The lowest BCUT2D eigenvalue weighted by Gasteiger charge is -2.36. The number of ether oxygens (including phenoxy) is 2. The van der Waals surface area contributed by atoms with Gasteiger partial charge in [0.15, 0.2) is 6.10 Å². The van der Waals surface area contributed by atoms with E-state index < -0.39 is 22.4 Å². The molecule has 44 heavy (non-hydrogen) atoms. The molecule has 0 radical (unpaired) electrons. The zero-order chi connectivity index (χ0) is 33.7. The standard InChI is InChI=1S/C34H68NO4.CH4O3S/c1-7-9-11-13-15-17-19-21-23-25-27-29-32(36)38-31(3)34(35(4,5)6)39-33(37)30-28-26-24-22-20-18-16-14-12-10-8-2;1-5(2,3)4/h31,34H,7-30H2,1-6H3;1H3,(H,2,3,4)/q+1;/p-1. The van der Waals surface area contributed by atoms with Crippen LogP contribution >= 0.6 is 0 Å². The van der Waals surface area contributed by atoms with Gasteiger partial charge in [-0.2, -0.15) is 0 Å². The van der Waals surface area contributed by atoms with Crippen molar-refractivity contribution in [3.05, 3.63) is 0 Å². The monoisotopic (exact) mass is 649 g/mol. The average Bonchev–Trinajstić information content (AvgIpc) is 2.91. The van der Waals surface area contributed by atoms with E-state index in [-0.39, 0.29) is 11.9 Å². The molecule has 264 valence electrons. The number of esters is 2. The second-order valence-electron chi connectivity index (χ2n) is 13.5. The highest BCUT2D eigenvalue weighted by Gasteiger charge is 2.36. The Hall–Kier alpha value is -1.19. The first-order chi connectivity index (χ1) is 20.7. The van der Waals surface area contributed by atoms with Gasteiger partial charge in [-0.3, -0.25) is 14.1 Å². The van der Waals surface area contributed by atoms with Gasteiger partial charge in [0.05, 0.1) is 31.3 Å². The van der Waals surface area contributed by atoms with E-state index in [1.54, 1.807) is 0 Å². The molecule has 0 aliphatic carbocycles. The largest absolute Gasteiger partial charge is 0.748 e. The summed E-state index contributed by atoms with van der Waals surface area (Å²) in [5.41, 5.74) is 0. The summed E-state index contributed by atoms with van der Waals surface area (Å²) in [6.45, 7) is 6.37. The molecule has 0 aliphatic rings. The molecule has 0 rings (SSSR count). The number of quaternary nitrogens is 1. The number of likely N-dealkylation sites (N-methyl/N-ethyl adjacent to an activating group) is 1. The Bertz CT molecular complexity index is 772. The van der Waals surface area contributed by atoms with Gasteiger partial charge in [-0.05, 0) is 19.8 Å². The van der Waals surface area contributed by atoms with Gasteiger partial charge in [0, 0.05) is 19.1 Å². The molecule has 0 aromatic carbocycles. The molecule has 0 amide bonds. The van der Waals surface area contributed by atoms with Gasteiger partial charge in [-0.15, -0.1) is 0 Å². The van der Waals surface area contributed by atoms with Crippen LogP contribution in [0.25, 0.3) is 0 Å². The highest BCUT2D eigenvalue weighted by Crippen LogP contribution is 2.18. The van der Waals surface area contributed by atoms with Crippen molar-refractivity contribution in [3.63, 3.8) is 0 Å². The summed E-state index contributed by atoms with van der Waals surface area (Å²) in [5, 5.41) is 0. The number of rotatable bonds is 28. The van der Waals surface area contributed by atoms with Crippen molar-refractivity contribution in [2.24, 2.45) is 0 Å². The lowest BCUT2D eigenvalue weighted by atomic mass is 10.1. The van der Waals surface area contributed by atoms with Crippen molar-refractivity contribution in [2.45, 2.75) is 187 Å². The highest BCUT2D eigenvalue weighted by molar-refractivity contribution is 7.84. The molecule has 2 atom stereocenters. The Labute approximate surface area is 272 Å². The number of unbranched alkanes of at least 4 members (excludes halogenated alkanes) is 20. The maximum atomic E-state index is 12.6. The van der Waals surface area contributed by atoms with Crippen molar-refractivity contribution in [2.75, 3.05) is 27.4 Å². The molecule has 0 aromatic heterocycles. The van der Waals surface area contributed by atoms with Gasteiger partial charge in [0.25, 0.3) is 6.23 Å². The van der Waals surface area contributed by atoms with Crippen LogP contribution in [-0.2, 0) is 29.2 Å². The molecule has 0 spiro atoms. The molecule has 0 N–H and O–H groups in total. The molecule has 9 heteroatoms. The Morgan fingerprint density at radius 2 is 0.818 bits per heavy atom. The van der Waals surface area contributed by atoms with Crippen LogP contribution in [0.5, 0.6) is 0 Å². The van der Waals surface area contributed by atoms with E-state index in [2.05, 4.69) is 13.8 Å². The minimum Gasteiger partial charge on any atom is -0.748 e. The molecule has 0 heterocycles. The first-order valence-electron chi connectivity index (χ1n) is 17.8. The van der Waals surface area contributed by atoms with E-state index in [1.165, 1.54) is 116 Å². The van der Waals surface area contributed by atoms with Crippen molar-refractivity contribution >= 4 is 22.1 Å². The van der Waals surface area contributed by atoms with Crippen molar-refractivity contribution < 1.29 is 36.5 Å². The number of carbonyl (C=O) groups is 2. The Morgan fingerprint density at radius 1 is 0.568 bits per heavy atom. The number of carbonyl (C=O) groups excluding carboxylic acids is 2. The van der Waals surface area contributed by atoms with Gasteiger partial charge in [-0.25, -0.2) is 8.42 Å². The van der Waals surface area contributed by atoms with Gasteiger partial charge < -0.3 is 14.0 Å². The second kappa shape index (κ2) is 29.2. The van der Waals surface area contributed by atoms with Crippen LogP contribution in [0.4, 0.5) is 0 Å². The van der Waals surface area contributed by atoms with Gasteiger partial charge >= 0.3 is 11.9 Å². The molecule has 0 bridgehead atoms. The van der Waals surface area contributed by atoms with Gasteiger partial charge in [-0.1, -0.05) is 142 Å². The van der Waals surface area contributed by atoms with Crippen LogP contribution in [-0.4, -0.2) is 69.1 Å². The second-order valence-corrected chi connectivity index (χ2v) is 14.9. The number of nitrogens with zero attached hydrogens (tertiary/aromatic N) is 1. The summed E-state index contributed by atoms with van der Waals surface area (Å²) in [4.78, 5) is 25.0. The Morgan fingerprint density at radius 3 is 1.09 bits per heavy atom. The van der Waals surface area contributed by atoms with Crippen LogP contribution in [0.15, 0.2) is 0 Å². The van der Waals surface area contributed by atoms with Crippen molar-refractivity contribution in [3.8, 4) is 0 Å². The fourth-order valence-corrected chi connectivity index (χ4v) is 5.27. The summed E-state index contributed by atoms with van der Waals surface area (Å²) in [6.07, 6.45) is 28.2. The van der Waals surface area contributed by atoms with Crippen molar-refractivity contribution in [1.82, 2.24) is 0 Å². The maximum Gasteiger partial charge on any atom is 0.310 e. The molecule has 0 fully saturated rings. The third-order valence-corrected chi connectivity index (χ3v) is 7.70. The summed E-state index contributed by atoms with van der Waals surface area (Å²) in [5.74, 6) is -0.365. The minimum absolute atomic E-state index is 0.182. The predicted molar refractivity (Wildman–Crippen MR) is 181 cm³/mol. The van der Waals surface area contributed by atoms with Crippen LogP contribution in [0, 0.1) is 0 Å². The van der Waals surface area contributed by atoms with E-state index in [0.717, 1.165) is 25.7 Å². The van der Waals surface area contributed by atoms with Crippen LogP contribution in [0.3, 0.4) is 0 Å². The lowest BCUT2D eigenvalue weighted by molar-refractivity contribution is -0.920. The fourth-order valence-electron chi connectivity index (χ4n) is 5.27. The lowest BCUT2D eigenvalue weighted by Crippen LogP contribution is -2.54. The molecule has 0 saturated carbocycles. The minimum atomic E-state index is -3.92. The first kappa shape index (κ1) is 44.9. The maximum absolute atomic E-state index is 12.6. The van der Waals surface area contributed by atoms with E-state index >= 15 is 0 Å². The van der Waals surface area contributed by atoms with E-state index in [0.29, 0.717) is 23.6 Å². The average molecular weight is 650 g/mol. The van der Waals surface area contributed by atoms with Gasteiger partial charge in [0.1, 0.15) is 0 Å². The topological polar surface area (TPSA) is 110 Å². The quantitative estimate of drug-likeness (QED) is 0.0273. The summed E-state index contributed by atoms with van der Waals surface area (Å²) in [6, 6.07) is 0. The SMILES string of the molecule is CCCCCCCCCCCCCC(=O)OC(C)C(OC(=O)CCCCCCCCCCCCC)[N+](C)(C)C.CS(=O)(=O)[O-]. The van der Waals surface area contributed by atoms with Crippen LogP contribution < -0.4 is 0 Å². The zero-order valence-electron chi connectivity index (χ0n) is 29.8. The molecular weight excluding hydrogens is 578 g/mol. The van der Waals surface area contributed by atoms with Crippen LogP contribution in [0.2, 0.25) is 0 Å². The zero-order valence-corrected chi connectivity index (χ0v) is 30.7. The first-order valence-corrected chi connectivity index (χ1v) is 19.6.